The van der Waals surface area contributed by atoms with E-state index in [1.54, 1.807) is 0 Å². The highest BCUT2D eigenvalue weighted by Gasteiger charge is 2.22. The number of nitrogens with zero attached hydrogens (tertiary/aromatic N) is 1. The lowest BCUT2D eigenvalue weighted by Crippen LogP contribution is -2.34. The van der Waals surface area contributed by atoms with E-state index in [1.807, 2.05) is 35.2 Å². The second-order valence-electron chi connectivity index (χ2n) is 5.53. The topological polar surface area (TPSA) is 39.1 Å². The Morgan fingerprint density at radius 1 is 0.909 bits per heavy atom. The third-order valence-electron chi connectivity index (χ3n) is 4.20. The van der Waals surface area contributed by atoms with E-state index in [0.717, 1.165) is 29.7 Å². The molecule has 3 aromatic carbocycles. The maximum absolute atomic E-state index is 8.44. The van der Waals surface area contributed by atoms with Crippen molar-refractivity contribution in [2.75, 3.05) is 16.8 Å². The van der Waals surface area contributed by atoms with Gasteiger partial charge in [0, 0.05) is 23.3 Å². The summed E-state index contributed by atoms with van der Waals surface area (Å²) in [5, 5.41) is 14.0. The van der Waals surface area contributed by atoms with Gasteiger partial charge in [0.1, 0.15) is 0 Å². The SMILES string of the molecule is N=C(Nc1cccc2ccccc12)N1CCc2ccccc21. The minimum absolute atomic E-state index is 0.432. The molecule has 1 aliphatic heterocycles. The van der Waals surface area contributed by atoms with Crippen LogP contribution in [0.25, 0.3) is 10.8 Å². The van der Waals surface area contributed by atoms with Crippen LogP contribution in [0.3, 0.4) is 0 Å². The first kappa shape index (κ1) is 12.9. The maximum Gasteiger partial charge on any atom is 0.200 e. The van der Waals surface area contributed by atoms with E-state index >= 15 is 0 Å². The van der Waals surface area contributed by atoms with Gasteiger partial charge in [0.15, 0.2) is 5.96 Å². The molecule has 2 N–H and O–H groups in total. The molecule has 3 heteroatoms. The summed E-state index contributed by atoms with van der Waals surface area (Å²) in [5.74, 6) is 0.432. The third-order valence-corrected chi connectivity index (χ3v) is 4.20. The highest BCUT2D eigenvalue weighted by atomic mass is 15.3. The standard InChI is InChI=1S/C19H17N3/c20-19(22-13-12-15-7-2-4-11-18(15)22)21-17-10-5-8-14-6-1-3-9-16(14)17/h1-11H,12-13H2,(H2,20,21). The second kappa shape index (κ2) is 5.19. The summed E-state index contributed by atoms with van der Waals surface area (Å²) in [4.78, 5) is 2.04. The predicted molar refractivity (Wildman–Crippen MR) is 92.8 cm³/mol. The number of nitrogens with one attached hydrogen (secondary N) is 2. The molecule has 0 aliphatic carbocycles. The first-order valence-electron chi connectivity index (χ1n) is 7.52. The van der Waals surface area contributed by atoms with Crippen LogP contribution >= 0.6 is 0 Å². The molecule has 0 fully saturated rings. The molecular weight excluding hydrogens is 270 g/mol. The molecule has 22 heavy (non-hydrogen) atoms. The van der Waals surface area contributed by atoms with Crippen LogP contribution in [-0.2, 0) is 6.42 Å². The Balaban J connectivity index is 1.65. The lowest BCUT2D eigenvalue weighted by Gasteiger charge is -2.21. The van der Waals surface area contributed by atoms with Gasteiger partial charge in [-0.15, -0.1) is 0 Å². The number of anilines is 2. The molecule has 0 atom stereocenters. The molecule has 0 spiro atoms. The Labute approximate surface area is 129 Å². The summed E-state index contributed by atoms with van der Waals surface area (Å²) in [6.07, 6.45) is 0.996. The Morgan fingerprint density at radius 2 is 1.68 bits per heavy atom. The second-order valence-corrected chi connectivity index (χ2v) is 5.53. The van der Waals surface area contributed by atoms with Gasteiger partial charge >= 0.3 is 0 Å². The van der Waals surface area contributed by atoms with Crippen LogP contribution < -0.4 is 10.2 Å². The van der Waals surface area contributed by atoms with Crippen LogP contribution in [0.1, 0.15) is 5.56 Å². The van der Waals surface area contributed by atoms with Crippen LogP contribution in [0, 0.1) is 5.41 Å². The molecule has 0 unspecified atom stereocenters. The molecule has 3 aromatic rings. The molecule has 4 rings (SSSR count). The summed E-state index contributed by atoms with van der Waals surface area (Å²) in [6.45, 7) is 0.857. The van der Waals surface area contributed by atoms with Crippen molar-refractivity contribution in [2.45, 2.75) is 6.42 Å². The molecule has 1 aliphatic rings. The average molecular weight is 287 g/mol. The number of guanidine groups is 1. The van der Waals surface area contributed by atoms with Gasteiger partial charge in [0.05, 0.1) is 0 Å². The molecule has 108 valence electrons. The normalized spacial score (nSPS) is 13.2. The van der Waals surface area contributed by atoms with Crippen molar-refractivity contribution in [3.63, 3.8) is 0 Å². The van der Waals surface area contributed by atoms with E-state index in [0.29, 0.717) is 5.96 Å². The number of rotatable bonds is 1. The largest absolute Gasteiger partial charge is 0.326 e. The van der Waals surface area contributed by atoms with E-state index in [4.69, 9.17) is 5.41 Å². The van der Waals surface area contributed by atoms with Gasteiger partial charge in [-0.3, -0.25) is 5.41 Å². The fourth-order valence-corrected chi connectivity index (χ4v) is 3.10. The zero-order valence-electron chi connectivity index (χ0n) is 12.2. The Morgan fingerprint density at radius 3 is 2.64 bits per heavy atom. The molecule has 0 bridgehead atoms. The van der Waals surface area contributed by atoms with Crippen molar-refractivity contribution < 1.29 is 0 Å². The smallest absolute Gasteiger partial charge is 0.200 e. The molecule has 0 radical (unpaired) electrons. The number of hydrogen-bond donors (Lipinski definition) is 2. The Kier molecular flexibility index (Phi) is 3.04. The van der Waals surface area contributed by atoms with Crippen molar-refractivity contribution in [1.82, 2.24) is 0 Å². The van der Waals surface area contributed by atoms with E-state index in [9.17, 15) is 0 Å². The summed E-state index contributed by atoms with van der Waals surface area (Å²) in [7, 11) is 0. The van der Waals surface area contributed by atoms with E-state index in [2.05, 4.69) is 41.7 Å². The number of para-hydroxylation sites is 1. The van der Waals surface area contributed by atoms with Crippen LogP contribution in [0.5, 0.6) is 0 Å². The average Bonchev–Trinajstić information content (AvgIpc) is 2.99. The van der Waals surface area contributed by atoms with Crippen LogP contribution in [0.15, 0.2) is 66.7 Å². The first-order chi connectivity index (χ1) is 10.8. The molecule has 0 saturated carbocycles. The Bertz CT molecular complexity index is 849. The van der Waals surface area contributed by atoms with Crippen LogP contribution in [0.2, 0.25) is 0 Å². The van der Waals surface area contributed by atoms with E-state index < -0.39 is 0 Å². The van der Waals surface area contributed by atoms with Gasteiger partial charge in [0.25, 0.3) is 0 Å². The highest BCUT2D eigenvalue weighted by Crippen LogP contribution is 2.29. The van der Waals surface area contributed by atoms with Crippen LogP contribution in [0.4, 0.5) is 11.4 Å². The van der Waals surface area contributed by atoms with Gasteiger partial charge in [-0.2, -0.15) is 0 Å². The third kappa shape index (κ3) is 2.11. The van der Waals surface area contributed by atoms with Gasteiger partial charge in [-0.05, 0) is 29.5 Å². The van der Waals surface area contributed by atoms with Gasteiger partial charge in [-0.1, -0.05) is 54.6 Å². The molecular formula is C19H17N3. The van der Waals surface area contributed by atoms with Gasteiger partial charge in [-0.25, -0.2) is 0 Å². The van der Waals surface area contributed by atoms with Gasteiger partial charge in [0.2, 0.25) is 0 Å². The van der Waals surface area contributed by atoms with Crippen molar-refractivity contribution >= 4 is 28.1 Å². The zero-order valence-corrected chi connectivity index (χ0v) is 12.2. The van der Waals surface area contributed by atoms with Crippen molar-refractivity contribution in [3.05, 3.63) is 72.3 Å². The summed E-state index contributed by atoms with van der Waals surface area (Å²) >= 11 is 0. The minimum Gasteiger partial charge on any atom is -0.326 e. The quantitative estimate of drug-likeness (QED) is 0.519. The lowest BCUT2D eigenvalue weighted by molar-refractivity contribution is 1.01. The van der Waals surface area contributed by atoms with Crippen molar-refractivity contribution in [1.29, 1.82) is 5.41 Å². The summed E-state index contributed by atoms with van der Waals surface area (Å²) in [6, 6.07) is 22.7. The maximum atomic E-state index is 8.44. The molecule has 0 aromatic heterocycles. The molecule has 1 heterocycles. The number of hydrogen-bond acceptors (Lipinski definition) is 1. The first-order valence-corrected chi connectivity index (χ1v) is 7.52. The molecule has 0 amide bonds. The summed E-state index contributed by atoms with van der Waals surface area (Å²) < 4.78 is 0. The zero-order chi connectivity index (χ0) is 14.9. The molecule has 3 nitrogen and oxygen atoms in total. The summed E-state index contributed by atoms with van der Waals surface area (Å²) in [5.41, 5.74) is 3.43. The Hall–Kier alpha value is -2.81. The predicted octanol–water partition coefficient (Wildman–Crippen LogP) is 4.25. The fraction of sp³-hybridized carbons (Fsp3) is 0.105. The van der Waals surface area contributed by atoms with E-state index in [1.165, 1.54) is 10.9 Å². The minimum atomic E-state index is 0.432. The number of benzene rings is 3. The van der Waals surface area contributed by atoms with E-state index in [-0.39, 0.29) is 0 Å². The lowest BCUT2D eigenvalue weighted by atomic mass is 10.1. The fourth-order valence-electron chi connectivity index (χ4n) is 3.10. The molecule has 0 saturated heterocycles. The van der Waals surface area contributed by atoms with Crippen molar-refractivity contribution in [2.24, 2.45) is 0 Å². The van der Waals surface area contributed by atoms with Crippen molar-refractivity contribution in [3.8, 4) is 0 Å². The number of fused-ring (bicyclic) bond motifs is 2. The van der Waals surface area contributed by atoms with Gasteiger partial charge < -0.3 is 10.2 Å². The van der Waals surface area contributed by atoms with Crippen LogP contribution in [-0.4, -0.2) is 12.5 Å². The highest BCUT2D eigenvalue weighted by molar-refractivity contribution is 6.09. The monoisotopic (exact) mass is 287 g/mol.